The van der Waals surface area contributed by atoms with Gasteiger partial charge < -0.3 is 10.6 Å². The molecule has 1 aliphatic rings. The van der Waals surface area contributed by atoms with E-state index in [-0.39, 0.29) is 22.9 Å². The standard InChI is InChI=1S/C23H18ClF3N4O3/c24-14-7-9-15(10-8-14)28-21(33)16-3-1-2-4-18(16)29-20(32)12-31-22(34)17(23(25,26)27)11-19(30-31)13-5-6-13/h1-4,7-11,13H,5-6,12H2,(H,28,33)(H,29,32). The molecule has 34 heavy (non-hydrogen) atoms. The largest absolute Gasteiger partial charge is 0.421 e. The zero-order chi connectivity index (χ0) is 24.5. The van der Waals surface area contributed by atoms with Crippen LogP contribution in [0.1, 0.15) is 40.4 Å². The quantitative estimate of drug-likeness (QED) is 0.524. The number of carbonyl (C=O) groups is 2. The first-order valence-electron chi connectivity index (χ1n) is 10.3. The number of hydrogen-bond donors (Lipinski definition) is 2. The summed E-state index contributed by atoms with van der Waals surface area (Å²) in [4.78, 5) is 37.7. The maximum atomic E-state index is 13.3. The van der Waals surface area contributed by atoms with E-state index in [1.807, 2.05) is 0 Å². The van der Waals surface area contributed by atoms with Crippen LogP contribution in [0.15, 0.2) is 59.4 Å². The summed E-state index contributed by atoms with van der Waals surface area (Å²) < 4.78 is 40.5. The molecule has 0 unspecified atom stereocenters. The zero-order valence-corrected chi connectivity index (χ0v) is 18.3. The predicted molar refractivity (Wildman–Crippen MR) is 120 cm³/mol. The maximum Gasteiger partial charge on any atom is 0.421 e. The molecule has 0 bridgehead atoms. The van der Waals surface area contributed by atoms with Crippen molar-refractivity contribution in [2.75, 3.05) is 10.6 Å². The molecule has 0 atom stereocenters. The lowest BCUT2D eigenvalue weighted by Gasteiger charge is -2.14. The SMILES string of the molecule is O=C(Cn1nc(C2CC2)cc(C(F)(F)F)c1=O)Nc1ccccc1C(=O)Nc1ccc(Cl)cc1. The Balaban J connectivity index is 1.54. The van der Waals surface area contributed by atoms with E-state index < -0.39 is 35.7 Å². The van der Waals surface area contributed by atoms with Crippen molar-refractivity contribution in [1.29, 1.82) is 0 Å². The highest BCUT2D eigenvalue weighted by Crippen LogP contribution is 2.40. The summed E-state index contributed by atoms with van der Waals surface area (Å²) in [6, 6.07) is 13.3. The average molecular weight is 491 g/mol. The van der Waals surface area contributed by atoms with Gasteiger partial charge in [0, 0.05) is 16.6 Å². The van der Waals surface area contributed by atoms with E-state index in [0.717, 1.165) is 6.07 Å². The van der Waals surface area contributed by atoms with Crippen molar-refractivity contribution in [3.63, 3.8) is 0 Å². The summed E-state index contributed by atoms with van der Waals surface area (Å²) >= 11 is 5.84. The Morgan fingerprint density at radius 2 is 1.74 bits per heavy atom. The van der Waals surface area contributed by atoms with Crippen molar-refractivity contribution in [2.45, 2.75) is 31.5 Å². The molecular weight excluding hydrogens is 473 g/mol. The topological polar surface area (TPSA) is 93.1 Å². The van der Waals surface area contributed by atoms with Gasteiger partial charge >= 0.3 is 6.18 Å². The molecule has 1 saturated carbocycles. The Bertz CT molecular complexity index is 1300. The smallest absolute Gasteiger partial charge is 0.324 e. The van der Waals surface area contributed by atoms with Crippen LogP contribution >= 0.6 is 11.6 Å². The second-order valence-electron chi connectivity index (χ2n) is 7.77. The van der Waals surface area contributed by atoms with Crippen molar-refractivity contribution in [3.05, 3.63) is 86.8 Å². The molecular formula is C23H18ClF3N4O3. The number of alkyl halides is 3. The van der Waals surface area contributed by atoms with E-state index in [1.165, 1.54) is 12.1 Å². The molecule has 1 aromatic heterocycles. The average Bonchev–Trinajstić information content (AvgIpc) is 3.62. The summed E-state index contributed by atoms with van der Waals surface area (Å²) in [6.07, 6.45) is -3.52. The van der Waals surface area contributed by atoms with E-state index >= 15 is 0 Å². The highest BCUT2D eigenvalue weighted by atomic mass is 35.5. The minimum Gasteiger partial charge on any atom is -0.324 e. The first-order chi connectivity index (χ1) is 16.1. The first kappa shape index (κ1) is 23.5. The number of carbonyl (C=O) groups excluding carboxylic acids is 2. The van der Waals surface area contributed by atoms with Crippen LogP contribution in [0.5, 0.6) is 0 Å². The van der Waals surface area contributed by atoms with Crippen LogP contribution in [0.4, 0.5) is 24.5 Å². The van der Waals surface area contributed by atoms with Crippen molar-refractivity contribution in [3.8, 4) is 0 Å². The summed E-state index contributed by atoms with van der Waals surface area (Å²) in [5.74, 6) is -1.49. The first-order valence-corrected chi connectivity index (χ1v) is 10.6. The minimum absolute atomic E-state index is 0.119. The van der Waals surface area contributed by atoms with Gasteiger partial charge in [0.15, 0.2) is 0 Å². The fraction of sp³-hybridized carbons (Fsp3) is 0.217. The van der Waals surface area contributed by atoms with E-state index in [4.69, 9.17) is 11.6 Å². The number of rotatable bonds is 6. The minimum atomic E-state index is -4.87. The Morgan fingerprint density at radius 1 is 1.06 bits per heavy atom. The summed E-state index contributed by atoms with van der Waals surface area (Å²) in [6.45, 7) is -0.740. The number of halogens is 4. The maximum absolute atomic E-state index is 13.3. The second-order valence-corrected chi connectivity index (χ2v) is 8.21. The van der Waals surface area contributed by atoms with E-state index in [2.05, 4.69) is 15.7 Å². The molecule has 2 aromatic carbocycles. The van der Waals surface area contributed by atoms with Gasteiger partial charge in [-0.15, -0.1) is 0 Å². The number of aromatic nitrogens is 2. The molecule has 2 amide bonds. The molecule has 0 radical (unpaired) electrons. The van der Waals surface area contributed by atoms with Crippen LogP contribution < -0.4 is 16.2 Å². The van der Waals surface area contributed by atoms with Gasteiger partial charge in [-0.1, -0.05) is 23.7 Å². The number of amides is 2. The molecule has 7 nitrogen and oxygen atoms in total. The third-order valence-electron chi connectivity index (χ3n) is 5.14. The van der Waals surface area contributed by atoms with Gasteiger partial charge in [0.1, 0.15) is 12.1 Å². The second kappa shape index (κ2) is 9.30. The molecule has 176 valence electrons. The normalized spacial score (nSPS) is 13.4. The van der Waals surface area contributed by atoms with Gasteiger partial charge in [0.2, 0.25) is 5.91 Å². The number of benzene rings is 2. The number of nitrogens with zero attached hydrogens (tertiary/aromatic N) is 2. The van der Waals surface area contributed by atoms with E-state index in [1.54, 1.807) is 36.4 Å². The summed E-state index contributed by atoms with van der Waals surface area (Å²) in [7, 11) is 0. The third kappa shape index (κ3) is 5.45. The van der Waals surface area contributed by atoms with Gasteiger partial charge in [0.05, 0.1) is 16.9 Å². The highest BCUT2D eigenvalue weighted by molar-refractivity contribution is 6.30. The molecule has 2 N–H and O–H groups in total. The molecule has 11 heteroatoms. The van der Waals surface area contributed by atoms with Crippen LogP contribution in [0.2, 0.25) is 5.02 Å². The molecule has 0 saturated heterocycles. The number of hydrogen-bond acceptors (Lipinski definition) is 4. The molecule has 4 rings (SSSR count). The monoisotopic (exact) mass is 490 g/mol. The van der Waals surface area contributed by atoms with Crippen LogP contribution in [0, 0.1) is 0 Å². The van der Waals surface area contributed by atoms with Crippen molar-refractivity contribution < 1.29 is 22.8 Å². The fourth-order valence-corrected chi connectivity index (χ4v) is 3.42. The lowest BCUT2D eigenvalue weighted by molar-refractivity contribution is -0.139. The molecule has 0 spiro atoms. The van der Waals surface area contributed by atoms with Crippen molar-refractivity contribution in [1.82, 2.24) is 9.78 Å². The van der Waals surface area contributed by atoms with Gasteiger partial charge in [-0.3, -0.25) is 14.4 Å². The summed E-state index contributed by atoms with van der Waals surface area (Å²) in [5, 5.41) is 9.61. The predicted octanol–water partition coefficient (Wildman–Crippen LogP) is 4.68. The van der Waals surface area contributed by atoms with E-state index in [9.17, 15) is 27.6 Å². The Kier molecular flexibility index (Phi) is 6.43. The van der Waals surface area contributed by atoms with Gasteiger partial charge in [0.25, 0.3) is 11.5 Å². The third-order valence-corrected chi connectivity index (χ3v) is 5.39. The van der Waals surface area contributed by atoms with Crippen molar-refractivity contribution in [2.24, 2.45) is 0 Å². The van der Waals surface area contributed by atoms with E-state index in [0.29, 0.717) is 28.2 Å². The van der Waals surface area contributed by atoms with Crippen LogP contribution in [0.25, 0.3) is 0 Å². The van der Waals surface area contributed by atoms with Gasteiger partial charge in [-0.05, 0) is 55.3 Å². The summed E-state index contributed by atoms with van der Waals surface area (Å²) in [5.41, 5.74) is -1.92. The van der Waals surface area contributed by atoms with Crippen LogP contribution in [-0.4, -0.2) is 21.6 Å². The lowest BCUT2D eigenvalue weighted by Crippen LogP contribution is -2.35. The Labute approximate surface area is 196 Å². The molecule has 1 fully saturated rings. The zero-order valence-electron chi connectivity index (χ0n) is 17.5. The van der Waals surface area contributed by atoms with Crippen molar-refractivity contribution >= 4 is 34.8 Å². The number of anilines is 2. The van der Waals surface area contributed by atoms with Gasteiger partial charge in [-0.2, -0.15) is 18.3 Å². The molecule has 3 aromatic rings. The molecule has 1 heterocycles. The number of para-hydroxylation sites is 1. The Hall–Kier alpha value is -3.66. The van der Waals surface area contributed by atoms with Crippen LogP contribution in [-0.2, 0) is 17.5 Å². The van der Waals surface area contributed by atoms with Crippen LogP contribution in [0.3, 0.4) is 0 Å². The fourth-order valence-electron chi connectivity index (χ4n) is 3.30. The molecule has 1 aliphatic carbocycles. The molecule has 0 aliphatic heterocycles. The number of nitrogens with one attached hydrogen (secondary N) is 2. The van der Waals surface area contributed by atoms with Gasteiger partial charge in [-0.25, -0.2) is 4.68 Å². The lowest BCUT2D eigenvalue weighted by atomic mass is 10.1. The Morgan fingerprint density at radius 3 is 2.38 bits per heavy atom. The highest BCUT2D eigenvalue weighted by Gasteiger charge is 2.37.